The number of methoxy groups -OCH3 is 2. The van der Waals surface area contributed by atoms with Gasteiger partial charge < -0.3 is 29.7 Å². The van der Waals surface area contributed by atoms with E-state index in [9.17, 15) is 14.3 Å². The number of rotatable bonds is 12. The molecular weight excluding hydrogens is 545 g/mol. The molecule has 0 saturated carbocycles. The number of nitrogens with one attached hydrogen (secondary N) is 1. The number of aliphatic hydroxyl groups is 2. The first kappa shape index (κ1) is 28.7. The van der Waals surface area contributed by atoms with Gasteiger partial charge in [0, 0.05) is 17.3 Å². The van der Waals surface area contributed by atoms with Crippen molar-refractivity contribution < 1.29 is 33.6 Å². The molecule has 0 aliphatic rings. The number of aliphatic hydroxyl groups excluding tert-OH is 1. The fraction of sp³-hybridized carbons (Fsp3) is 0.259. The molecule has 0 aliphatic carbocycles. The minimum absolute atomic E-state index is 0.0677. The molecule has 1 atom stereocenters. The lowest BCUT2D eigenvalue weighted by molar-refractivity contribution is 0.0110. The molecule has 1 amide bonds. The minimum atomic E-state index is -1.76. The number of ether oxygens (including phenoxy) is 3. The molecule has 2 aromatic carbocycles. The zero-order valence-electron chi connectivity index (χ0n) is 21.7. The Hall–Kier alpha value is -4.26. The van der Waals surface area contributed by atoms with Crippen LogP contribution >= 0.6 is 11.6 Å². The number of aromatic nitrogens is 4. The number of benzene rings is 2. The van der Waals surface area contributed by atoms with E-state index in [2.05, 4.69) is 20.6 Å². The Morgan fingerprint density at radius 2 is 1.88 bits per heavy atom. The number of halogens is 2. The van der Waals surface area contributed by atoms with Crippen molar-refractivity contribution in [2.45, 2.75) is 12.1 Å². The van der Waals surface area contributed by atoms with Crippen LogP contribution in [0.1, 0.15) is 16.1 Å². The number of amides is 1. The van der Waals surface area contributed by atoms with Crippen molar-refractivity contribution in [2.75, 3.05) is 34.0 Å². The van der Waals surface area contributed by atoms with Gasteiger partial charge in [-0.1, -0.05) is 16.8 Å². The fourth-order valence-electron chi connectivity index (χ4n) is 3.95. The molecule has 0 saturated heterocycles. The molecule has 0 spiro atoms. The molecule has 2 aromatic heterocycles. The van der Waals surface area contributed by atoms with Crippen molar-refractivity contribution in [1.82, 2.24) is 25.3 Å². The van der Waals surface area contributed by atoms with Crippen LogP contribution in [-0.4, -0.2) is 70.1 Å². The Bertz CT molecular complexity index is 1470. The summed E-state index contributed by atoms with van der Waals surface area (Å²) in [7, 11) is 2.89. The van der Waals surface area contributed by atoms with Crippen LogP contribution < -0.4 is 19.5 Å². The first-order chi connectivity index (χ1) is 19.3. The third kappa shape index (κ3) is 6.47. The molecule has 4 aromatic rings. The molecule has 0 bridgehead atoms. The maximum atomic E-state index is 13.8. The van der Waals surface area contributed by atoms with Crippen LogP contribution in [0.5, 0.6) is 17.2 Å². The van der Waals surface area contributed by atoms with Gasteiger partial charge in [-0.25, -0.2) is 14.1 Å². The van der Waals surface area contributed by atoms with E-state index in [0.717, 1.165) is 0 Å². The van der Waals surface area contributed by atoms with Crippen LogP contribution in [0.15, 0.2) is 60.9 Å². The molecular formula is C27H27ClFN5O6. The monoisotopic (exact) mass is 571 g/mol. The van der Waals surface area contributed by atoms with Gasteiger partial charge in [-0.15, -0.1) is 5.10 Å². The summed E-state index contributed by atoms with van der Waals surface area (Å²) >= 11 is 6.00. The van der Waals surface area contributed by atoms with Crippen LogP contribution in [0.3, 0.4) is 0 Å². The average Bonchev–Trinajstić information content (AvgIpc) is 3.48. The van der Waals surface area contributed by atoms with Gasteiger partial charge in [0.15, 0.2) is 11.5 Å². The van der Waals surface area contributed by atoms with Gasteiger partial charge in [-0.2, -0.15) is 0 Å². The van der Waals surface area contributed by atoms with Crippen molar-refractivity contribution in [1.29, 1.82) is 0 Å². The van der Waals surface area contributed by atoms with Crippen LogP contribution in [-0.2, 0) is 12.1 Å². The molecule has 40 heavy (non-hydrogen) atoms. The summed E-state index contributed by atoms with van der Waals surface area (Å²) in [5, 5.41) is 31.2. The lowest BCUT2D eigenvalue weighted by Crippen LogP contribution is -2.44. The van der Waals surface area contributed by atoms with Crippen LogP contribution in [0.25, 0.3) is 11.3 Å². The number of pyridine rings is 1. The van der Waals surface area contributed by atoms with Gasteiger partial charge in [0.25, 0.3) is 5.91 Å². The maximum Gasteiger partial charge on any atom is 0.251 e. The van der Waals surface area contributed by atoms with Crippen molar-refractivity contribution in [3.8, 4) is 28.5 Å². The highest BCUT2D eigenvalue weighted by molar-refractivity contribution is 6.31. The zero-order valence-corrected chi connectivity index (χ0v) is 22.4. The lowest BCUT2D eigenvalue weighted by atomic mass is 9.97. The minimum Gasteiger partial charge on any atom is -0.494 e. The predicted octanol–water partition coefficient (Wildman–Crippen LogP) is 2.84. The molecule has 210 valence electrons. The second-order valence-corrected chi connectivity index (χ2v) is 9.04. The SMILES string of the molecule is COc1cc(C(=O)NCC(O)(Cn2ccnn2)c2ccc(OC)c(-c3ccc(F)c(Cl)c3)n2)ccc1OCCO. The van der Waals surface area contributed by atoms with Crippen molar-refractivity contribution in [3.05, 3.63) is 83.0 Å². The zero-order chi connectivity index (χ0) is 28.7. The summed E-state index contributed by atoms with van der Waals surface area (Å²) in [5.41, 5.74) is -0.547. The topological polar surface area (TPSA) is 141 Å². The summed E-state index contributed by atoms with van der Waals surface area (Å²) < 4.78 is 31.4. The highest BCUT2D eigenvalue weighted by atomic mass is 35.5. The summed E-state index contributed by atoms with van der Waals surface area (Å²) in [6, 6.07) is 11.9. The number of nitrogens with zero attached hydrogens (tertiary/aromatic N) is 4. The van der Waals surface area contributed by atoms with E-state index < -0.39 is 17.3 Å². The highest BCUT2D eigenvalue weighted by Gasteiger charge is 2.34. The predicted molar refractivity (Wildman–Crippen MR) is 143 cm³/mol. The maximum absolute atomic E-state index is 13.8. The van der Waals surface area contributed by atoms with E-state index >= 15 is 0 Å². The third-order valence-corrected chi connectivity index (χ3v) is 6.25. The Morgan fingerprint density at radius 3 is 2.55 bits per heavy atom. The molecule has 1 unspecified atom stereocenters. The van der Waals surface area contributed by atoms with Crippen molar-refractivity contribution >= 4 is 17.5 Å². The van der Waals surface area contributed by atoms with Gasteiger partial charge in [0.1, 0.15) is 29.5 Å². The first-order valence-corrected chi connectivity index (χ1v) is 12.4. The Balaban J connectivity index is 1.65. The van der Waals surface area contributed by atoms with Crippen LogP contribution in [0, 0.1) is 5.82 Å². The van der Waals surface area contributed by atoms with Gasteiger partial charge in [-0.3, -0.25) is 4.79 Å². The Labute approximate surface area is 234 Å². The molecule has 3 N–H and O–H groups in total. The average molecular weight is 572 g/mol. The van der Waals surface area contributed by atoms with E-state index in [1.807, 2.05) is 0 Å². The smallest absolute Gasteiger partial charge is 0.251 e. The quantitative estimate of drug-likeness (QED) is 0.234. The molecule has 4 rings (SSSR count). The molecule has 13 heteroatoms. The fourth-order valence-corrected chi connectivity index (χ4v) is 4.13. The molecule has 0 fully saturated rings. The summed E-state index contributed by atoms with van der Waals surface area (Å²) in [5.74, 6) is -0.0437. The number of carbonyl (C=O) groups excluding carboxylic acids is 1. The Kier molecular flexibility index (Phi) is 9.15. The largest absolute Gasteiger partial charge is 0.494 e. The third-order valence-electron chi connectivity index (χ3n) is 5.96. The molecule has 0 aliphatic heterocycles. The summed E-state index contributed by atoms with van der Waals surface area (Å²) in [6.07, 6.45) is 3.02. The standard InChI is InChI=1S/C27H27ClFN5O6/c1-38-22-7-8-24(32-25(22)17-3-5-20(29)19(28)13-17)27(37,16-34-10-9-31-33-34)15-30-26(36)18-4-6-21(40-12-11-35)23(14-18)39-2/h3-10,13-14,35,37H,11-12,15-16H2,1-2H3,(H,30,36). The normalized spacial score (nSPS) is 12.4. The number of hydrogen-bond acceptors (Lipinski definition) is 9. The van der Waals surface area contributed by atoms with E-state index in [1.54, 1.807) is 24.4 Å². The van der Waals surface area contributed by atoms with E-state index in [1.165, 1.54) is 55.4 Å². The highest BCUT2D eigenvalue weighted by Crippen LogP contribution is 2.34. The van der Waals surface area contributed by atoms with Gasteiger partial charge in [0.2, 0.25) is 0 Å². The summed E-state index contributed by atoms with van der Waals surface area (Å²) in [6.45, 7) is -0.476. The molecule has 2 heterocycles. The van der Waals surface area contributed by atoms with Crippen LogP contribution in [0.4, 0.5) is 4.39 Å². The second kappa shape index (κ2) is 12.7. The van der Waals surface area contributed by atoms with Crippen molar-refractivity contribution in [2.24, 2.45) is 0 Å². The van der Waals surface area contributed by atoms with E-state index in [-0.39, 0.29) is 42.6 Å². The first-order valence-electron chi connectivity index (χ1n) is 12.1. The van der Waals surface area contributed by atoms with Gasteiger partial charge in [-0.05, 0) is 48.5 Å². The molecule has 0 radical (unpaired) electrons. The lowest BCUT2D eigenvalue weighted by Gasteiger charge is -2.28. The number of carbonyl (C=O) groups is 1. The van der Waals surface area contributed by atoms with Crippen molar-refractivity contribution in [3.63, 3.8) is 0 Å². The van der Waals surface area contributed by atoms with E-state index in [4.69, 9.17) is 30.9 Å². The Morgan fingerprint density at radius 1 is 1.10 bits per heavy atom. The molecule has 11 nitrogen and oxygen atoms in total. The summed E-state index contributed by atoms with van der Waals surface area (Å²) in [4.78, 5) is 17.7. The number of hydrogen-bond donors (Lipinski definition) is 3. The van der Waals surface area contributed by atoms with E-state index in [0.29, 0.717) is 28.5 Å². The second-order valence-electron chi connectivity index (χ2n) is 8.63. The van der Waals surface area contributed by atoms with Gasteiger partial charge >= 0.3 is 0 Å². The van der Waals surface area contributed by atoms with Crippen LogP contribution in [0.2, 0.25) is 5.02 Å². The van der Waals surface area contributed by atoms with Gasteiger partial charge in [0.05, 0.1) is 50.8 Å².